The highest BCUT2D eigenvalue weighted by atomic mass is 127. The van der Waals surface area contributed by atoms with E-state index in [0.717, 1.165) is 14.7 Å². The maximum absolute atomic E-state index is 12.0. The maximum atomic E-state index is 12.0. The van der Waals surface area contributed by atoms with Gasteiger partial charge in [0.2, 0.25) is 0 Å². The van der Waals surface area contributed by atoms with Crippen molar-refractivity contribution in [2.24, 2.45) is 0 Å². The van der Waals surface area contributed by atoms with E-state index in [0.29, 0.717) is 11.3 Å². The first-order chi connectivity index (χ1) is 13.1. The number of rotatable bonds is 5. The smallest absolute Gasteiger partial charge is 0.276 e. The lowest BCUT2D eigenvalue weighted by molar-refractivity contribution is -0.123. The first-order valence-electron chi connectivity index (χ1n) is 8.25. The highest BCUT2D eigenvalue weighted by Gasteiger charge is 2.10. The third-order valence-electron chi connectivity index (χ3n) is 3.77. The molecular formula is C21H17IN2O3. The van der Waals surface area contributed by atoms with Gasteiger partial charge in [0, 0.05) is 3.57 Å². The zero-order chi connectivity index (χ0) is 19.1. The molecule has 0 aliphatic heterocycles. The minimum Gasteiger partial charge on any atom is -0.484 e. The van der Waals surface area contributed by atoms with E-state index < -0.39 is 5.91 Å². The van der Waals surface area contributed by atoms with E-state index in [1.54, 1.807) is 24.3 Å². The standard InChI is InChI=1S/C21H17IN2O3/c22-19-9-5-4-8-18(19)21(26)24-23-20(25)14-27-17-12-10-16(11-13-17)15-6-2-1-3-7-15/h1-13H,14H2,(H,23,25)(H,24,26). The van der Waals surface area contributed by atoms with E-state index in [2.05, 4.69) is 33.4 Å². The monoisotopic (exact) mass is 472 g/mol. The van der Waals surface area contributed by atoms with Gasteiger partial charge in [-0.05, 0) is 58.0 Å². The Kier molecular flexibility index (Phi) is 6.43. The molecule has 3 aromatic carbocycles. The fourth-order valence-corrected chi connectivity index (χ4v) is 3.03. The molecule has 5 nitrogen and oxygen atoms in total. The van der Waals surface area contributed by atoms with Gasteiger partial charge in [0.15, 0.2) is 6.61 Å². The van der Waals surface area contributed by atoms with Crippen LogP contribution in [0.3, 0.4) is 0 Å². The molecule has 0 aliphatic carbocycles. The molecule has 136 valence electrons. The SMILES string of the molecule is O=C(COc1ccc(-c2ccccc2)cc1)NNC(=O)c1ccccc1I. The summed E-state index contributed by atoms with van der Waals surface area (Å²) in [4.78, 5) is 23.9. The second-order valence-corrected chi connectivity index (χ2v) is 6.82. The van der Waals surface area contributed by atoms with Crippen molar-refractivity contribution in [3.05, 3.63) is 88.0 Å². The van der Waals surface area contributed by atoms with Gasteiger partial charge in [-0.1, -0.05) is 54.6 Å². The second-order valence-electron chi connectivity index (χ2n) is 5.66. The van der Waals surface area contributed by atoms with Crippen LogP contribution in [0.2, 0.25) is 0 Å². The molecule has 2 N–H and O–H groups in total. The highest BCUT2D eigenvalue weighted by Crippen LogP contribution is 2.21. The molecule has 0 aliphatic rings. The van der Waals surface area contributed by atoms with Crippen molar-refractivity contribution in [2.75, 3.05) is 6.61 Å². The predicted molar refractivity (Wildman–Crippen MR) is 112 cm³/mol. The lowest BCUT2D eigenvalue weighted by Gasteiger charge is -2.10. The summed E-state index contributed by atoms with van der Waals surface area (Å²) in [5.74, 6) is -0.240. The van der Waals surface area contributed by atoms with Crippen LogP contribution in [0.25, 0.3) is 11.1 Å². The third kappa shape index (κ3) is 5.30. The fraction of sp³-hybridized carbons (Fsp3) is 0.0476. The molecule has 0 spiro atoms. The molecule has 2 amide bonds. The van der Waals surface area contributed by atoms with Crippen LogP contribution in [0.5, 0.6) is 5.75 Å². The Hall–Kier alpha value is -2.87. The molecule has 0 unspecified atom stereocenters. The van der Waals surface area contributed by atoms with E-state index in [-0.39, 0.29) is 12.5 Å². The Morgan fingerprint density at radius 1 is 0.778 bits per heavy atom. The zero-order valence-corrected chi connectivity index (χ0v) is 16.5. The van der Waals surface area contributed by atoms with Gasteiger partial charge in [-0.15, -0.1) is 0 Å². The molecule has 0 bridgehead atoms. The van der Waals surface area contributed by atoms with Crippen LogP contribution in [0.15, 0.2) is 78.9 Å². The Morgan fingerprint density at radius 2 is 1.41 bits per heavy atom. The molecule has 0 heterocycles. The number of hydrogen-bond donors (Lipinski definition) is 2. The van der Waals surface area contributed by atoms with E-state index in [4.69, 9.17) is 4.74 Å². The molecule has 0 radical (unpaired) electrons. The summed E-state index contributed by atoms with van der Waals surface area (Å²) in [7, 11) is 0. The van der Waals surface area contributed by atoms with Gasteiger partial charge in [0.05, 0.1) is 5.56 Å². The van der Waals surface area contributed by atoms with Crippen molar-refractivity contribution in [1.82, 2.24) is 10.9 Å². The molecule has 0 saturated heterocycles. The molecule has 6 heteroatoms. The topological polar surface area (TPSA) is 67.4 Å². The summed E-state index contributed by atoms with van der Waals surface area (Å²) in [6.45, 7) is -0.198. The van der Waals surface area contributed by atoms with Crippen LogP contribution in [0.1, 0.15) is 10.4 Å². The fourth-order valence-electron chi connectivity index (χ4n) is 2.40. The molecule has 0 aromatic heterocycles. The summed E-state index contributed by atoms with van der Waals surface area (Å²) < 4.78 is 6.26. The van der Waals surface area contributed by atoms with Crippen molar-refractivity contribution in [1.29, 1.82) is 0 Å². The van der Waals surface area contributed by atoms with Crippen LogP contribution >= 0.6 is 22.6 Å². The molecule has 0 saturated carbocycles. The third-order valence-corrected chi connectivity index (χ3v) is 4.71. The number of benzene rings is 3. The molecule has 3 aromatic rings. The number of nitrogens with one attached hydrogen (secondary N) is 2. The van der Waals surface area contributed by atoms with E-state index in [1.807, 2.05) is 54.6 Å². The lowest BCUT2D eigenvalue weighted by atomic mass is 10.1. The quantitative estimate of drug-likeness (QED) is 0.439. The number of amides is 2. The Morgan fingerprint density at radius 3 is 2.11 bits per heavy atom. The van der Waals surface area contributed by atoms with Crippen LogP contribution in [-0.2, 0) is 4.79 Å². The Labute approximate surface area is 170 Å². The number of ether oxygens (including phenoxy) is 1. The summed E-state index contributed by atoms with van der Waals surface area (Å²) in [5.41, 5.74) is 7.41. The molecule has 0 atom stereocenters. The van der Waals surface area contributed by atoms with Gasteiger partial charge in [0.25, 0.3) is 11.8 Å². The molecular weight excluding hydrogens is 455 g/mol. The largest absolute Gasteiger partial charge is 0.484 e. The maximum Gasteiger partial charge on any atom is 0.276 e. The Bertz CT molecular complexity index is 928. The summed E-state index contributed by atoms with van der Waals surface area (Å²) in [6, 6.07) is 24.6. The summed E-state index contributed by atoms with van der Waals surface area (Å²) in [6.07, 6.45) is 0. The highest BCUT2D eigenvalue weighted by molar-refractivity contribution is 14.1. The van der Waals surface area contributed by atoms with Crippen molar-refractivity contribution >= 4 is 34.4 Å². The van der Waals surface area contributed by atoms with Crippen LogP contribution < -0.4 is 15.6 Å². The zero-order valence-electron chi connectivity index (χ0n) is 14.3. The number of carbonyl (C=O) groups excluding carboxylic acids is 2. The van der Waals surface area contributed by atoms with Crippen LogP contribution in [0, 0.1) is 3.57 Å². The first kappa shape index (κ1) is 18.9. The first-order valence-corrected chi connectivity index (χ1v) is 9.33. The van der Waals surface area contributed by atoms with E-state index in [1.165, 1.54) is 0 Å². The van der Waals surface area contributed by atoms with Crippen molar-refractivity contribution < 1.29 is 14.3 Å². The minimum atomic E-state index is -0.443. The summed E-state index contributed by atoms with van der Waals surface area (Å²) in [5, 5.41) is 0. The molecule has 3 rings (SSSR count). The number of hydrazine groups is 1. The van der Waals surface area contributed by atoms with E-state index >= 15 is 0 Å². The molecule has 27 heavy (non-hydrogen) atoms. The van der Waals surface area contributed by atoms with Crippen molar-refractivity contribution in [2.45, 2.75) is 0 Å². The Balaban J connectivity index is 1.48. The van der Waals surface area contributed by atoms with Crippen molar-refractivity contribution in [3.8, 4) is 16.9 Å². The van der Waals surface area contributed by atoms with Gasteiger partial charge in [-0.2, -0.15) is 0 Å². The number of carbonyl (C=O) groups is 2. The molecule has 0 fully saturated rings. The van der Waals surface area contributed by atoms with Gasteiger partial charge in [-0.3, -0.25) is 20.4 Å². The van der Waals surface area contributed by atoms with Gasteiger partial charge in [-0.25, -0.2) is 0 Å². The average molecular weight is 472 g/mol. The van der Waals surface area contributed by atoms with Crippen LogP contribution in [-0.4, -0.2) is 18.4 Å². The number of halogens is 1. The second kappa shape index (κ2) is 9.18. The van der Waals surface area contributed by atoms with Gasteiger partial charge < -0.3 is 4.74 Å². The predicted octanol–water partition coefficient (Wildman–Crippen LogP) is 3.80. The average Bonchev–Trinajstić information content (AvgIpc) is 2.72. The van der Waals surface area contributed by atoms with Gasteiger partial charge >= 0.3 is 0 Å². The minimum absolute atomic E-state index is 0.198. The van der Waals surface area contributed by atoms with Gasteiger partial charge in [0.1, 0.15) is 5.75 Å². The number of hydrogen-bond acceptors (Lipinski definition) is 3. The van der Waals surface area contributed by atoms with Crippen LogP contribution in [0.4, 0.5) is 0 Å². The van der Waals surface area contributed by atoms with Crippen molar-refractivity contribution in [3.63, 3.8) is 0 Å². The normalized spacial score (nSPS) is 10.1. The van der Waals surface area contributed by atoms with E-state index in [9.17, 15) is 9.59 Å². The summed E-state index contributed by atoms with van der Waals surface area (Å²) >= 11 is 2.07. The lowest BCUT2D eigenvalue weighted by Crippen LogP contribution is -2.44.